The third-order valence-electron chi connectivity index (χ3n) is 5.31. The molecule has 154 valence electrons. The Morgan fingerprint density at radius 3 is 2.83 bits per heavy atom. The van der Waals surface area contributed by atoms with Gasteiger partial charge in [-0.1, -0.05) is 18.2 Å². The molecule has 0 bridgehead atoms. The summed E-state index contributed by atoms with van der Waals surface area (Å²) in [6.45, 7) is 2.58. The van der Waals surface area contributed by atoms with Crippen LogP contribution in [0.3, 0.4) is 0 Å². The van der Waals surface area contributed by atoms with Crippen molar-refractivity contribution >= 4 is 5.91 Å². The van der Waals surface area contributed by atoms with E-state index < -0.39 is 11.7 Å². The molecule has 0 radical (unpaired) electrons. The maximum atomic E-state index is 13.3. The van der Waals surface area contributed by atoms with Crippen molar-refractivity contribution in [2.24, 2.45) is 0 Å². The first kappa shape index (κ1) is 19.7. The summed E-state index contributed by atoms with van der Waals surface area (Å²) < 4.78 is 50.6. The zero-order chi connectivity index (χ0) is 20.6. The molecule has 2 aliphatic heterocycles. The first-order valence-electron chi connectivity index (χ1n) is 9.34. The summed E-state index contributed by atoms with van der Waals surface area (Å²) in [5, 5.41) is 2.79. The first-order valence-corrected chi connectivity index (χ1v) is 9.34. The summed E-state index contributed by atoms with van der Waals surface area (Å²) in [5.74, 6) is -0.250. The zero-order valence-electron chi connectivity index (χ0n) is 15.9. The number of amides is 1. The summed E-state index contributed by atoms with van der Waals surface area (Å²) in [7, 11) is 1.23. The van der Waals surface area contributed by atoms with Crippen LogP contribution in [0.4, 0.5) is 13.2 Å². The van der Waals surface area contributed by atoms with Crippen LogP contribution in [0.5, 0.6) is 5.75 Å². The lowest BCUT2D eigenvalue weighted by atomic mass is 10.0. The Bertz CT molecular complexity index is 930. The van der Waals surface area contributed by atoms with Gasteiger partial charge in [0.15, 0.2) is 0 Å². The molecule has 1 atom stereocenters. The summed E-state index contributed by atoms with van der Waals surface area (Å²) in [5.41, 5.74) is 2.40. The summed E-state index contributed by atoms with van der Waals surface area (Å²) in [6, 6.07) is 9.82. The number of hydrogen-bond acceptors (Lipinski definition) is 4. The maximum absolute atomic E-state index is 13.3. The number of morpholine rings is 1. The lowest BCUT2D eigenvalue weighted by Crippen LogP contribution is -2.37. The average molecular weight is 406 g/mol. The Morgan fingerprint density at radius 1 is 1.24 bits per heavy atom. The Balaban J connectivity index is 1.49. The van der Waals surface area contributed by atoms with Crippen molar-refractivity contribution in [2.75, 3.05) is 26.8 Å². The molecule has 2 aliphatic rings. The van der Waals surface area contributed by atoms with E-state index >= 15 is 0 Å². The Labute approximate surface area is 166 Å². The van der Waals surface area contributed by atoms with Gasteiger partial charge >= 0.3 is 6.18 Å². The number of nitrogens with one attached hydrogen (secondary N) is 1. The number of hydrogen-bond donors (Lipinski definition) is 1. The molecule has 5 nitrogen and oxygen atoms in total. The second kappa shape index (κ2) is 7.68. The van der Waals surface area contributed by atoms with Crippen molar-refractivity contribution in [1.82, 2.24) is 10.2 Å². The molecule has 2 aromatic rings. The van der Waals surface area contributed by atoms with Crippen molar-refractivity contribution in [3.8, 4) is 5.75 Å². The first-order chi connectivity index (χ1) is 13.8. The van der Waals surface area contributed by atoms with Crippen molar-refractivity contribution in [2.45, 2.75) is 25.4 Å². The minimum absolute atomic E-state index is 0.0716. The molecule has 1 unspecified atom stereocenters. The van der Waals surface area contributed by atoms with E-state index in [0.29, 0.717) is 43.9 Å². The molecule has 1 amide bonds. The second-order valence-electron chi connectivity index (χ2n) is 7.23. The van der Waals surface area contributed by atoms with Crippen LogP contribution in [-0.2, 0) is 24.0 Å². The van der Waals surface area contributed by atoms with Crippen LogP contribution in [0, 0.1) is 0 Å². The predicted molar refractivity (Wildman–Crippen MR) is 99.6 cm³/mol. The monoisotopic (exact) mass is 406 g/mol. The zero-order valence-corrected chi connectivity index (χ0v) is 15.9. The van der Waals surface area contributed by atoms with E-state index in [1.807, 2.05) is 12.1 Å². The minimum atomic E-state index is -4.47. The maximum Gasteiger partial charge on any atom is 0.419 e. The van der Waals surface area contributed by atoms with E-state index in [-0.39, 0.29) is 17.8 Å². The molecule has 0 saturated carbocycles. The molecule has 2 heterocycles. The highest BCUT2D eigenvalue weighted by Crippen LogP contribution is 2.37. The Morgan fingerprint density at radius 2 is 2.07 bits per heavy atom. The molecule has 2 aromatic carbocycles. The molecule has 1 N–H and O–H groups in total. The number of carbonyl (C=O) groups excluding carboxylic acids is 1. The van der Waals surface area contributed by atoms with E-state index in [1.165, 1.54) is 13.2 Å². The number of methoxy groups -OCH3 is 1. The van der Waals surface area contributed by atoms with Crippen LogP contribution in [-0.4, -0.2) is 37.6 Å². The third kappa shape index (κ3) is 4.09. The largest absolute Gasteiger partial charge is 0.496 e. The van der Waals surface area contributed by atoms with Crippen LogP contribution in [0.25, 0.3) is 0 Å². The van der Waals surface area contributed by atoms with Gasteiger partial charge in [-0.05, 0) is 34.9 Å². The van der Waals surface area contributed by atoms with Gasteiger partial charge in [0.2, 0.25) is 0 Å². The van der Waals surface area contributed by atoms with Crippen molar-refractivity contribution in [3.05, 3.63) is 64.2 Å². The van der Waals surface area contributed by atoms with Gasteiger partial charge in [0.05, 0.1) is 25.4 Å². The Kier molecular flexibility index (Phi) is 5.23. The van der Waals surface area contributed by atoms with E-state index in [2.05, 4.69) is 10.2 Å². The predicted octanol–water partition coefficient (Wildman–Crippen LogP) is 3.53. The van der Waals surface area contributed by atoms with Gasteiger partial charge in [-0.3, -0.25) is 9.69 Å². The van der Waals surface area contributed by atoms with Crippen LogP contribution < -0.4 is 10.1 Å². The molecule has 29 heavy (non-hydrogen) atoms. The number of halogens is 3. The quantitative estimate of drug-likeness (QED) is 0.844. The van der Waals surface area contributed by atoms with E-state index in [0.717, 1.165) is 17.2 Å². The van der Waals surface area contributed by atoms with E-state index in [9.17, 15) is 18.0 Å². The summed E-state index contributed by atoms with van der Waals surface area (Å²) >= 11 is 0. The molecule has 1 saturated heterocycles. The SMILES string of the molecule is COc1ccc(CN2CCOC(c3ccc4c(c3)CNC4=O)C2)cc1C(F)(F)F. The summed E-state index contributed by atoms with van der Waals surface area (Å²) in [6.07, 6.45) is -4.66. The highest BCUT2D eigenvalue weighted by molar-refractivity contribution is 5.98. The van der Waals surface area contributed by atoms with E-state index in [4.69, 9.17) is 9.47 Å². The summed E-state index contributed by atoms with van der Waals surface area (Å²) in [4.78, 5) is 13.8. The van der Waals surface area contributed by atoms with Crippen molar-refractivity contribution < 1.29 is 27.4 Å². The van der Waals surface area contributed by atoms with Gasteiger partial charge in [-0.15, -0.1) is 0 Å². The van der Waals surface area contributed by atoms with Crippen LogP contribution in [0.15, 0.2) is 36.4 Å². The molecular formula is C21H21F3N2O3. The van der Waals surface area contributed by atoms with Gasteiger partial charge in [0.1, 0.15) is 5.75 Å². The number of rotatable bonds is 4. The number of alkyl halides is 3. The normalized spacial score (nSPS) is 19.7. The standard InChI is InChI=1S/C21H21F3N2O3/c1-28-18-5-2-13(8-17(18)21(22,23)24)11-26-6-7-29-19(12-26)14-3-4-16-15(9-14)10-25-20(16)27/h2-5,8-9,19H,6-7,10-12H2,1H3,(H,25,27). The number of nitrogens with zero attached hydrogens (tertiary/aromatic N) is 1. The molecule has 8 heteroatoms. The average Bonchev–Trinajstić information content (AvgIpc) is 3.08. The molecule has 0 spiro atoms. The fraction of sp³-hybridized carbons (Fsp3) is 0.381. The molecular weight excluding hydrogens is 385 g/mol. The smallest absolute Gasteiger partial charge is 0.419 e. The van der Waals surface area contributed by atoms with Crippen molar-refractivity contribution in [3.63, 3.8) is 0 Å². The van der Waals surface area contributed by atoms with Gasteiger partial charge in [0.25, 0.3) is 5.91 Å². The fourth-order valence-electron chi connectivity index (χ4n) is 3.83. The molecule has 1 fully saturated rings. The Hall–Kier alpha value is -2.58. The van der Waals surface area contributed by atoms with Gasteiger partial charge < -0.3 is 14.8 Å². The van der Waals surface area contributed by atoms with Gasteiger partial charge in [0, 0.05) is 31.7 Å². The molecule has 4 rings (SSSR count). The highest BCUT2D eigenvalue weighted by Gasteiger charge is 2.35. The third-order valence-corrected chi connectivity index (χ3v) is 5.31. The second-order valence-corrected chi connectivity index (χ2v) is 7.23. The van der Waals surface area contributed by atoms with E-state index in [1.54, 1.807) is 12.1 Å². The number of fused-ring (bicyclic) bond motifs is 1. The van der Waals surface area contributed by atoms with Crippen LogP contribution in [0.2, 0.25) is 0 Å². The van der Waals surface area contributed by atoms with Gasteiger partial charge in [-0.2, -0.15) is 13.2 Å². The van der Waals surface area contributed by atoms with Crippen molar-refractivity contribution in [1.29, 1.82) is 0 Å². The van der Waals surface area contributed by atoms with Crippen LogP contribution in [0.1, 0.15) is 38.7 Å². The minimum Gasteiger partial charge on any atom is -0.496 e. The topological polar surface area (TPSA) is 50.8 Å². The highest BCUT2D eigenvalue weighted by atomic mass is 19.4. The lowest BCUT2D eigenvalue weighted by molar-refractivity contribution is -0.138. The van der Waals surface area contributed by atoms with Crippen LogP contribution >= 0.6 is 0 Å². The molecule has 0 aromatic heterocycles. The number of benzene rings is 2. The lowest BCUT2D eigenvalue weighted by Gasteiger charge is -2.33. The molecule has 0 aliphatic carbocycles. The number of carbonyl (C=O) groups is 1. The van der Waals surface area contributed by atoms with Gasteiger partial charge in [-0.25, -0.2) is 0 Å². The fourth-order valence-corrected chi connectivity index (χ4v) is 3.83. The number of ether oxygens (including phenoxy) is 2.